The maximum atomic E-state index is 11.3. The van der Waals surface area contributed by atoms with Gasteiger partial charge in [-0.25, -0.2) is 0 Å². The van der Waals surface area contributed by atoms with Crippen molar-refractivity contribution in [3.05, 3.63) is 0 Å². The molecule has 5 heteroatoms. The van der Waals surface area contributed by atoms with E-state index in [0.29, 0.717) is 6.54 Å². The Morgan fingerprint density at radius 3 is 2.41 bits per heavy atom. The fraction of sp³-hybridized carbons (Fsp3) is 0.917. The minimum atomic E-state index is -0.596. The van der Waals surface area contributed by atoms with E-state index in [-0.39, 0.29) is 30.7 Å². The van der Waals surface area contributed by atoms with Gasteiger partial charge in [-0.15, -0.1) is 0 Å². The molecule has 0 aromatic rings. The minimum absolute atomic E-state index is 0.0658. The van der Waals surface area contributed by atoms with Crippen LogP contribution < -0.4 is 10.6 Å². The van der Waals surface area contributed by atoms with Gasteiger partial charge in [0.2, 0.25) is 5.91 Å². The number of hydrogen-bond acceptors (Lipinski definition) is 4. The normalized spacial score (nSPS) is 13.8. The summed E-state index contributed by atoms with van der Waals surface area (Å²) in [6.07, 6.45) is -0.596. The standard InChI is InChI=1S/C12H26N2O3/c1-9(2)14-11(16)7-13-6-10(15)8-17-12(3,4)5/h9-10,13,15H,6-8H2,1-5H3,(H,14,16). The van der Waals surface area contributed by atoms with Crippen molar-refractivity contribution in [2.75, 3.05) is 19.7 Å². The number of aliphatic hydroxyl groups is 1. The van der Waals surface area contributed by atoms with Gasteiger partial charge in [-0.3, -0.25) is 4.79 Å². The van der Waals surface area contributed by atoms with Crippen LogP contribution in [0, 0.1) is 0 Å². The summed E-state index contributed by atoms with van der Waals surface area (Å²) in [5.41, 5.74) is -0.254. The van der Waals surface area contributed by atoms with Crippen LogP contribution in [0.4, 0.5) is 0 Å². The summed E-state index contributed by atoms with van der Waals surface area (Å²) < 4.78 is 5.42. The van der Waals surface area contributed by atoms with Gasteiger partial charge in [-0.05, 0) is 34.6 Å². The first-order valence-electron chi connectivity index (χ1n) is 6.03. The minimum Gasteiger partial charge on any atom is -0.389 e. The second-order valence-corrected chi connectivity index (χ2v) is 5.43. The molecule has 0 radical (unpaired) electrons. The fourth-order valence-electron chi connectivity index (χ4n) is 1.13. The van der Waals surface area contributed by atoms with Crippen LogP contribution in [0.15, 0.2) is 0 Å². The summed E-state index contributed by atoms with van der Waals surface area (Å²) in [7, 11) is 0. The third-order valence-corrected chi connectivity index (χ3v) is 1.82. The summed E-state index contributed by atoms with van der Waals surface area (Å²) in [6.45, 7) is 10.4. The largest absolute Gasteiger partial charge is 0.389 e. The highest BCUT2D eigenvalue weighted by Gasteiger charge is 2.13. The molecule has 0 rings (SSSR count). The lowest BCUT2D eigenvalue weighted by Gasteiger charge is -2.22. The highest BCUT2D eigenvalue weighted by atomic mass is 16.5. The molecule has 0 spiro atoms. The first-order valence-corrected chi connectivity index (χ1v) is 6.03. The first kappa shape index (κ1) is 16.4. The van der Waals surface area contributed by atoms with Gasteiger partial charge in [0.25, 0.3) is 0 Å². The van der Waals surface area contributed by atoms with Gasteiger partial charge in [-0.2, -0.15) is 0 Å². The molecule has 0 aliphatic rings. The van der Waals surface area contributed by atoms with Crippen molar-refractivity contribution in [3.63, 3.8) is 0 Å². The Morgan fingerprint density at radius 2 is 1.94 bits per heavy atom. The van der Waals surface area contributed by atoms with Gasteiger partial charge < -0.3 is 20.5 Å². The molecule has 102 valence electrons. The Labute approximate surface area is 104 Å². The molecule has 1 atom stereocenters. The lowest BCUT2D eigenvalue weighted by atomic mass is 10.2. The van der Waals surface area contributed by atoms with Gasteiger partial charge in [0, 0.05) is 12.6 Å². The average Bonchev–Trinajstić information content (AvgIpc) is 2.12. The van der Waals surface area contributed by atoms with Gasteiger partial charge in [0.05, 0.1) is 24.9 Å². The molecular formula is C12H26N2O3. The van der Waals surface area contributed by atoms with Crippen molar-refractivity contribution in [2.24, 2.45) is 0 Å². The quantitative estimate of drug-likeness (QED) is 0.603. The van der Waals surface area contributed by atoms with Crippen molar-refractivity contribution in [1.29, 1.82) is 0 Å². The maximum Gasteiger partial charge on any atom is 0.234 e. The molecule has 0 aromatic carbocycles. The Bertz CT molecular complexity index is 224. The molecule has 0 aliphatic heterocycles. The summed E-state index contributed by atoms with van der Waals surface area (Å²) >= 11 is 0. The number of amides is 1. The molecule has 0 heterocycles. The second kappa shape index (κ2) is 7.63. The molecule has 0 aliphatic carbocycles. The second-order valence-electron chi connectivity index (χ2n) is 5.43. The molecular weight excluding hydrogens is 220 g/mol. The summed E-state index contributed by atoms with van der Waals surface area (Å²) in [4.78, 5) is 11.3. The average molecular weight is 246 g/mol. The van der Waals surface area contributed by atoms with Gasteiger partial charge in [0.15, 0.2) is 0 Å². The van der Waals surface area contributed by atoms with E-state index in [4.69, 9.17) is 4.74 Å². The third-order valence-electron chi connectivity index (χ3n) is 1.82. The molecule has 1 unspecified atom stereocenters. The molecule has 0 bridgehead atoms. The molecule has 0 saturated heterocycles. The Kier molecular flexibility index (Phi) is 7.34. The van der Waals surface area contributed by atoms with Gasteiger partial charge >= 0.3 is 0 Å². The molecule has 1 amide bonds. The highest BCUT2D eigenvalue weighted by molar-refractivity contribution is 5.78. The smallest absolute Gasteiger partial charge is 0.234 e. The van der Waals surface area contributed by atoms with Crippen molar-refractivity contribution >= 4 is 5.91 Å². The van der Waals surface area contributed by atoms with Crippen molar-refractivity contribution in [2.45, 2.75) is 52.4 Å². The predicted octanol–water partition coefficient (Wildman–Crippen LogP) is 0.277. The van der Waals surface area contributed by atoms with Crippen LogP contribution in [-0.2, 0) is 9.53 Å². The number of rotatable bonds is 7. The molecule has 3 N–H and O–H groups in total. The number of hydrogen-bond donors (Lipinski definition) is 3. The van der Waals surface area contributed by atoms with Gasteiger partial charge in [-0.1, -0.05) is 0 Å². The van der Waals surface area contributed by atoms with Crippen molar-refractivity contribution < 1.29 is 14.6 Å². The van der Waals surface area contributed by atoms with E-state index in [9.17, 15) is 9.90 Å². The van der Waals surface area contributed by atoms with Crippen LogP contribution in [0.1, 0.15) is 34.6 Å². The lowest BCUT2D eigenvalue weighted by molar-refractivity contribution is -0.120. The zero-order valence-electron chi connectivity index (χ0n) is 11.5. The van der Waals surface area contributed by atoms with Gasteiger partial charge in [0.1, 0.15) is 0 Å². The summed E-state index contributed by atoms with van der Waals surface area (Å²) in [5, 5.41) is 15.2. The van der Waals surface area contributed by atoms with Crippen LogP contribution in [0.5, 0.6) is 0 Å². The van der Waals surface area contributed by atoms with Crippen LogP contribution in [-0.4, -0.2) is 48.5 Å². The van der Waals surface area contributed by atoms with Crippen molar-refractivity contribution in [3.8, 4) is 0 Å². The lowest BCUT2D eigenvalue weighted by Crippen LogP contribution is -2.41. The zero-order valence-corrected chi connectivity index (χ0v) is 11.5. The molecule has 0 saturated carbocycles. The number of ether oxygens (including phenoxy) is 1. The molecule has 5 nitrogen and oxygen atoms in total. The molecule has 0 fully saturated rings. The third kappa shape index (κ3) is 11.6. The molecule has 0 aromatic heterocycles. The Balaban J connectivity index is 3.58. The van der Waals surface area contributed by atoms with E-state index in [0.717, 1.165) is 0 Å². The van der Waals surface area contributed by atoms with E-state index in [1.165, 1.54) is 0 Å². The van der Waals surface area contributed by atoms with E-state index in [1.807, 2.05) is 34.6 Å². The fourth-order valence-corrected chi connectivity index (χ4v) is 1.13. The predicted molar refractivity (Wildman–Crippen MR) is 67.9 cm³/mol. The highest BCUT2D eigenvalue weighted by Crippen LogP contribution is 2.06. The maximum absolute atomic E-state index is 11.3. The van der Waals surface area contributed by atoms with Crippen molar-refractivity contribution in [1.82, 2.24) is 10.6 Å². The Morgan fingerprint density at radius 1 is 1.35 bits per heavy atom. The van der Waals surface area contributed by atoms with E-state index in [1.54, 1.807) is 0 Å². The number of carbonyl (C=O) groups is 1. The van der Waals surface area contributed by atoms with Crippen LogP contribution >= 0.6 is 0 Å². The van der Waals surface area contributed by atoms with Crippen LogP contribution in [0.2, 0.25) is 0 Å². The zero-order chi connectivity index (χ0) is 13.5. The first-order chi connectivity index (χ1) is 7.70. The topological polar surface area (TPSA) is 70.6 Å². The van der Waals surface area contributed by atoms with Crippen LogP contribution in [0.3, 0.4) is 0 Å². The summed E-state index contributed by atoms with van der Waals surface area (Å²) in [5.74, 6) is -0.0658. The number of carbonyl (C=O) groups excluding carboxylic acids is 1. The van der Waals surface area contributed by atoms with E-state index < -0.39 is 6.10 Å². The monoisotopic (exact) mass is 246 g/mol. The SMILES string of the molecule is CC(C)NC(=O)CNCC(O)COC(C)(C)C. The van der Waals surface area contributed by atoms with E-state index >= 15 is 0 Å². The Hall–Kier alpha value is -0.650. The summed E-state index contributed by atoms with van der Waals surface area (Å²) in [6, 6.07) is 0.137. The molecule has 17 heavy (non-hydrogen) atoms. The van der Waals surface area contributed by atoms with Crippen LogP contribution in [0.25, 0.3) is 0 Å². The van der Waals surface area contributed by atoms with E-state index in [2.05, 4.69) is 10.6 Å². The number of aliphatic hydroxyl groups excluding tert-OH is 1. The number of nitrogens with one attached hydrogen (secondary N) is 2.